The van der Waals surface area contributed by atoms with Gasteiger partial charge in [0.05, 0.1) is 0 Å². The third kappa shape index (κ3) is 3.80. The Kier molecular flexibility index (Phi) is 6.38. The first-order valence-electron chi connectivity index (χ1n) is 16.5. The van der Waals surface area contributed by atoms with Crippen LogP contribution in [0.5, 0.6) is 0 Å². The monoisotopic (exact) mass is 592 g/mol. The van der Waals surface area contributed by atoms with Crippen molar-refractivity contribution in [2.45, 2.75) is 50.9 Å². The molecule has 1 saturated carbocycles. The fourth-order valence-corrected chi connectivity index (χ4v) is 8.80. The summed E-state index contributed by atoms with van der Waals surface area (Å²) in [4.78, 5) is 0. The average molecular weight is 593 g/mol. The Balaban J connectivity index is 1.50. The summed E-state index contributed by atoms with van der Waals surface area (Å²) in [5.41, 5.74) is 13.6. The molecule has 0 aliphatic heterocycles. The van der Waals surface area contributed by atoms with Gasteiger partial charge in [-0.3, -0.25) is 0 Å². The summed E-state index contributed by atoms with van der Waals surface area (Å²) in [5, 5.41) is 7.21. The van der Waals surface area contributed by atoms with Gasteiger partial charge in [-0.1, -0.05) is 143 Å². The molecular formula is C46H40. The van der Waals surface area contributed by atoms with Crippen molar-refractivity contribution in [2.75, 3.05) is 0 Å². The predicted octanol–water partition coefficient (Wildman–Crippen LogP) is 10.7. The SMILES string of the molecule is C=CC(=C)c1/c(=C(\C)c2ccc3c(C4=CC=CC=CC4)c4c(c(-c5ccccc5)c3c2)C2(C)CCC42C)ccc2cccc(=C)c12. The molecule has 0 bridgehead atoms. The Morgan fingerprint density at radius 3 is 2.28 bits per heavy atom. The Morgan fingerprint density at radius 1 is 0.783 bits per heavy atom. The van der Waals surface area contributed by atoms with Crippen LogP contribution in [0.15, 0.2) is 128 Å². The topological polar surface area (TPSA) is 0 Å². The molecule has 0 aromatic heterocycles. The standard InChI is InChI=1S/C46H40/c1-7-29(2)40-36(24-22-34-21-15-16-30(3)39(34)40)31(4)35-23-25-37-38(28-35)42(33-19-13-10-14-20-33)44-43(45(5)26-27-46(44,45)6)41(37)32-17-11-8-9-12-18-32/h7-17,19-25,28H,1-3,18,26-27H2,4-6H3/b36-31+. The van der Waals surface area contributed by atoms with Gasteiger partial charge in [0.1, 0.15) is 0 Å². The van der Waals surface area contributed by atoms with Crippen molar-refractivity contribution < 1.29 is 0 Å². The molecule has 2 atom stereocenters. The quantitative estimate of drug-likeness (QED) is 0.178. The second kappa shape index (κ2) is 10.3. The summed E-state index contributed by atoms with van der Waals surface area (Å²) in [5.74, 6) is 0. The molecule has 0 amide bonds. The van der Waals surface area contributed by atoms with Crippen LogP contribution in [0.25, 0.3) is 56.0 Å². The molecule has 0 spiro atoms. The third-order valence-corrected chi connectivity index (χ3v) is 11.7. The summed E-state index contributed by atoms with van der Waals surface area (Å²) >= 11 is 0. The van der Waals surface area contributed by atoms with E-state index in [0.29, 0.717) is 0 Å². The lowest BCUT2D eigenvalue weighted by molar-refractivity contribution is 0.0619. The van der Waals surface area contributed by atoms with Crippen molar-refractivity contribution in [3.05, 3.63) is 167 Å². The molecular weight excluding hydrogens is 553 g/mol. The molecule has 8 rings (SSSR count). The largest absolute Gasteiger partial charge is 0.0985 e. The average Bonchev–Trinajstić information content (AvgIpc) is 3.38. The van der Waals surface area contributed by atoms with Crippen LogP contribution < -0.4 is 10.4 Å². The lowest BCUT2D eigenvalue weighted by atomic mass is 9.35. The van der Waals surface area contributed by atoms with Crippen LogP contribution >= 0.6 is 0 Å². The Bertz CT molecular complexity index is 2360. The van der Waals surface area contributed by atoms with Crippen molar-refractivity contribution in [1.29, 1.82) is 0 Å². The molecule has 3 aliphatic rings. The highest BCUT2D eigenvalue weighted by atomic mass is 14.7. The van der Waals surface area contributed by atoms with Gasteiger partial charge in [0, 0.05) is 10.8 Å². The van der Waals surface area contributed by atoms with Crippen molar-refractivity contribution >= 4 is 44.8 Å². The summed E-state index contributed by atoms with van der Waals surface area (Å²) in [6.07, 6.45) is 16.5. The van der Waals surface area contributed by atoms with Crippen LogP contribution in [0.1, 0.15) is 67.9 Å². The van der Waals surface area contributed by atoms with Crippen LogP contribution in [-0.2, 0) is 10.8 Å². The maximum Gasteiger partial charge on any atom is 0.00291 e. The van der Waals surface area contributed by atoms with Gasteiger partial charge in [-0.05, 0) is 120 Å². The van der Waals surface area contributed by atoms with E-state index < -0.39 is 0 Å². The number of benzene rings is 5. The molecule has 0 heterocycles. The minimum atomic E-state index is 0.180. The number of fused-ring (bicyclic) bond motifs is 6. The zero-order chi connectivity index (χ0) is 31.8. The Labute approximate surface area is 272 Å². The number of hydrogen-bond donors (Lipinski definition) is 0. The summed E-state index contributed by atoms with van der Waals surface area (Å²) in [6.45, 7) is 20.2. The van der Waals surface area contributed by atoms with Gasteiger partial charge in [0.15, 0.2) is 0 Å². The summed E-state index contributed by atoms with van der Waals surface area (Å²) < 4.78 is 0. The first kappa shape index (κ1) is 28.5. The molecule has 2 unspecified atom stereocenters. The van der Waals surface area contributed by atoms with E-state index in [9.17, 15) is 0 Å². The van der Waals surface area contributed by atoms with Crippen molar-refractivity contribution in [3.8, 4) is 11.1 Å². The second-order valence-corrected chi connectivity index (χ2v) is 13.9. The van der Waals surface area contributed by atoms with Gasteiger partial charge in [0.2, 0.25) is 0 Å². The highest BCUT2D eigenvalue weighted by Crippen LogP contribution is 2.72. The molecule has 224 valence electrons. The van der Waals surface area contributed by atoms with E-state index >= 15 is 0 Å². The van der Waals surface area contributed by atoms with Gasteiger partial charge in [0.25, 0.3) is 0 Å². The molecule has 5 aromatic carbocycles. The van der Waals surface area contributed by atoms with Gasteiger partial charge in [-0.15, -0.1) is 0 Å². The fourth-order valence-electron chi connectivity index (χ4n) is 8.80. The van der Waals surface area contributed by atoms with Gasteiger partial charge >= 0.3 is 0 Å². The Morgan fingerprint density at radius 2 is 1.54 bits per heavy atom. The van der Waals surface area contributed by atoms with Gasteiger partial charge in [-0.25, -0.2) is 0 Å². The van der Waals surface area contributed by atoms with Crippen LogP contribution in [0.3, 0.4) is 0 Å². The highest BCUT2D eigenvalue weighted by molar-refractivity contribution is 6.09. The molecule has 0 nitrogen and oxygen atoms in total. The molecule has 0 heteroatoms. The van der Waals surface area contributed by atoms with E-state index in [1.807, 2.05) is 6.08 Å². The first-order valence-corrected chi connectivity index (χ1v) is 16.5. The smallest absolute Gasteiger partial charge is 0.00291 e. The van der Waals surface area contributed by atoms with Crippen LogP contribution in [0.4, 0.5) is 0 Å². The summed E-state index contributed by atoms with van der Waals surface area (Å²) in [7, 11) is 0. The van der Waals surface area contributed by atoms with Crippen molar-refractivity contribution in [2.24, 2.45) is 0 Å². The maximum absolute atomic E-state index is 4.43. The van der Waals surface area contributed by atoms with Crippen LogP contribution in [0, 0.1) is 0 Å². The van der Waals surface area contributed by atoms with E-state index in [0.717, 1.165) is 28.2 Å². The van der Waals surface area contributed by atoms with E-state index in [4.69, 9.17) is 0 Å². The molecule has 0 radical (unpaired) electrons. The van der Waals surface area contributed by atoms with E-state index in [1.165, 1.54) is 67.6 Å². The van der Waals surface area contributed by atoms with Crippen LogP contribution in [-0.4, -0.2) is 0 Å². The van der Waals surface area contributed by atoms with Gasteiger partial charge in [-0.2, -0.15) is 0 Å². The molecule has 5 aromatic rings. The lowest BCUT2D eigenvalue weighted by Gasteiger charge is -2.68. The number of allylic oxidation sites excluding steroid dienone is 8. The minimum Gasteiger partial charge on any atom is -0.0985 e. The number of hydrogen-bond acceptors (Lipinski definition) is 0. The molecule has 1 fully saturated rings. The minimum absolute atomic E-state index is 0.180. The molecule has 0 N–H and O–H groups in total. The lowest BCUT2D eigenvalue weighted by Crippen LogP contribution is -2.63. The van der Waals surface area contributed by atoms with Crippen molar-refractivity contribution in [3.63, 3.8) is 0 Å². The van der Waals surface area contributed by atoms with Gasteiger partial charge < -0.3 is 0 Å². The second-order valence-electron chi connectivity index (χ2n) is 13.9. The third-order valence-electron chi connectivity index (χ3n) is 11.7. The maximum atomic E-state index is 4.43. The molecule has 0 saturated heterocycles. The highest BCUT2D eigenvalue weighted by Gasteiger charge is 2.65. The van der Waals surface area contributed by atoms with Crippen molar-refractivity contribution in [1.82, 2.24) is 0 Å². The van der Waals surface area contributed by atoms with E-state index in [1.54, 1.807) is 11.1 Å². The molecule has 3 aliphatic carbocycles. The zero-order valence-electron chi connectivity index (χ0n) is 27.2. The predicted molar refractivity (Wildman–Crippen MR) is 200 cm³/mol. The fraction of sp³-hybridized carbons (Fsp3) is 0.174. The number of rotatable bonds is 5. The Hall–Kier alpha value is -4.94. The van der Waals surface area contributed by atoms with E-state index in [-0.39, 0.29) is 10.8 Å². The zero-order valence-corrected chi connectivity index (χ0v) is 27.2. The molecule has 46 heavy (non-hydrogen) atoms. The van der Waals surface area contributed by atoms with E-state index in [2.05, 4.69) is 150 Å². The normalized spacial score (nSPS) is 21.8. The first-order chi connectivity index (χ1) is 22.3. The van der Waals surface area contributed by atoms with Crippen LogP contribution in [0.2, 0.25) is 0 Å². The summed E-state index contributed by atoms with van der Waals surface area (Å²) in [6, 6.07) is 29.1.